The SMILES string of the molecule is Cc1cccc(S(=O)(=O)NCC2(O)CCOc3ccccc32)c1. The highest BCUT2D eigenvalue weighted by molar-refractivity contribution is 7.89. The average molecular weight is 333 g/mol. The largest absolute Gasteiger partial charge is 0.493 e. The van der Waals surface area contributed by atoms with E-state index in [0.29, 0.717) is 24.3 Å². The van der Waals surface area contributed by atoms with Crippen molar-refractivity contribution in [1.82, 2.24) is 4.72 Å². The van der Waals surface area contributed by atoms with Crippen LogP contribution in [0.4, 0.5) is 0 Å². The molecule has 122 valence electrons. The quantitative estimate of drug-likeness (QED) is 0.897. The lowest BCUT2D eigenvalue weighted by Crippen LogP contribution is -2.43. The highest BCUT2D eigenvalue weighted by Crippen LogP contribution is 2.36. The van der Waals surface area contributed by atoms with Crippen LogP contribution in [0, 0.1) is 6.92 Å². The van der Waals surface area contributed by atoms with E-state index in [0.717, 1.165) is 5.56 Å². The van der Waals surface area contributed by atoms with E-state index in [9.17, 15) is 13.5 Å². The summed E-state index contributed by atoms with van der Waals surface area (Å²) < 4.78 is 32.9. The van der Waals surface area contributed by atoms with Crippen LogP contribution in [0.25, 0.3) is 0 Å². The Kier molecular flexibility index (Phi) is 4.14. The van der Waals surface area contributed by atoms with Gasteiger partial charge in [-0.25, -0.2) is 13.1 Å². The van der Waals surface area contributed by atoms with Gasteiger partial charge in [-0.3, -0.25) is 0 Å². The number of hydrogen-bond acceptors (Lipinski definition) is 4. The maximum absolute atomic E-state index is 12.4. The molecule has 0 fully saturated rings. The lowest BCUT2D eigenvalue weighted by molar-refractivity contribution is 0.00219. The second kappa shape index (κ2) is 5.96. The normalized spacial score (nSPS) is 20.6. The van der Waals surface area contributed by atoms with Crippen molar-refractivity contribution in [1.29, 1.82) is 0 Å². The number of fused-ring (bicyclic) bond motifs is 1. The molecular weight excluding hydrogens is 314 g/mol. The number of hydrogen-bond donors (Lipinski definition) is 2. The van der Waals surface area contributed by atoms with Gasteiger partial charge in [0.25, 0.3) is 0 Å². The smallest absolute Gasteiger partial charge is 0.240 e. The standard InChI is InChI=1S/C17H19NO4S/c1-13-5-4-6-14(11-13)23(20,21)18-12-17(19)9-10-22-16-8-3-2-7-15(16)17/h2-8,11,18-19H,9-10,12H2,1H3. The Labute approximate surface area is 136 Å². The predicted molar refractivity (Wildman–Crippen MR) is 86.8 cm³/mol. The van der Waals surface area contributed by atoms with E-state index in [1.165, 1.54) is 6.07 Å². The third-order valence-corrected chi connectivity index (χ3v) is 5.42. The molecule has 23 heavy (non-hydrogen) atoms. The van der Waals surface area contributed by atoms with Gasteiger partial charge in [0.15, 0.2) is 0 Å². The molecule has 0 spiro atoms. The van der Waals surface area contributed by atoms with Gasteiger partial charge in [0.1, 0.15) is 11.4 Å². The number of nitrogens with one attached hydrogen (secondary N) is 1. The summed E-state index contributed by atoms with van der Waals surface area (Å²) in [4.78, 5) is 0.196. The molecule has 3 rings (SSSR count). The summed E-state index contributed by atoms with van der Waals surface area (Å²) in [5, 5.41) is 10.9. The number of aryl methyl sites for hydroxylation is 1. The van der Waals surface area contributed by atoms with E-state index in [2.05, 4.69) is 4.72 Å². The number of para-hydroxylation sites is 1. The first-order valence-electron chi connectivity index (χ1n) is 7.42. The van der Waals surface area contributed by atoms with E-state index < -0.39 is 15.6 Å². The maximum atomic E-state index is 12.4. The van der Waals surface area contributed by atoms with Gasteiger partial charge in [-0.15, -0.1) is 0 Å². The molecule has 0 saturated heterocycles. The summed E-state index contributed by atoms with van der Waals surface area (Å²) in [5.41, 5.74) is 0.201. The van der Waals surface area contributed by atoms with Crippen molar-refractivity contribution < 1.29 is 18.3 Å². The minimum atomic E-state index is -3.67. The van der Waals surface area contributed by atoms with Gasteiger partial charge in [-0.1, -0.05) is 30.3 Å². The first-order chi connectivity index (χ1) is 10.9. The molecule has 2 aromatic rings. The molecular formula is C17H19NO4S. The number of aliphatic hydroxyl groups is 1. The van der Waals surface area contributed by atoms with Crippen LogP contribution >= 0.6 is 0 Å². The second-order valence-corrected chi connectivity index (χ2v) is 7.53. The van der Waals surface area contributed by atoms with Gasteiger partial charge in [0.05, 0.1) is 11.5 Å². The molecule has 0 radical (unpaired) electrons. The summed E-state index contributed by atoms with van der Waals surface area (Å²) >= 11 is 0. The lowest BCUT2D eigenvalue weighted by Gasteiger charge is -2.34. The molecule has 1 unspecified atom stereocenters. The number of benzene rings is 2. The first kappa shape index (κ1) is 16.0. The Balaban J connectivity index is 1.83. The number of sulfonamides is 1. The number of ether oxygens (including phenoxy) is 1. The van der Waals surface area contributed by atoms with Gasteiger partial charge in [0.2, 0.25) is 10.0 Å². The first-order valence-corrected chi connectivity index (χ1v) is 8.90. The Morgan fingerprint density at radius 3 is 2.78 bits per heavy atom. The van der Waals surface area contributed by atoms with Crippen molar-refractivity contribution >= 4 is 10.0 Å². The monoisotopic (exact) mass is 333 g/mol. The molecule has 5 nitrogen and oxygen atoms in total. The van der Waals surface area contributed by atoms with Gasteiger partial charge in [-0.05, 0) is 30.7 Å². The molecule has 1 aliphatic heterocycles. The fourth-order valence-electron chi connectivity index (χ4n) is 2.71. The van der Waals surface area contributed by atoms with Gasteiger partial charge < -0.3 is 9.84 Å². The topological polar surface area (TPSA) is 75.6 Å². The zero-order chi connectivity index (χ0) is 16.5. The Morgan fingerprint density at radius 1 is 1.22 bits per heavy atom. The average Bonchev–Trinajstić information content (AvgIpc) is 2.54. The lowest BCUT2D eigenvalue weighted by atomic mass is 9.88. The third kappa shape index (κ3) is 3.24. The van der Waals surface area contributed by atoms with E-state index in [1.54, 1.807) is 30.3 Å². The fourth-order valence-corrected chi connectivity index (χ4v) is 3.90. The molecule has 0 saturated carbocycles. The second-order valence-electron chi connectivity index (χ2n) is 5.77. The zero-order valence-electron chi connectivity index (χ0n) is 12.8. The molecule has 1 heterocycles. The fraction of sp³-hybridized carbons (Fsp3) is 0.294. The predicted octanol–water partition coefficient (Wildman–Crippen LogP) is 1.94. The molecule has 0 aromatic heterocycles. The summed E-state index contributed by atoms with van der Waals surface area (Å²) in [7, 11) is -3.67. The Hall–Kier alpha value is -1.89. The van der Waals surface area contributed by atoms with Crippen LogP contribution in [0.5, 0.6) is 5.75 Å². The molecule has 1 aliphatic rings. The van der Waals surface area contributed by atoms with Gasteiger partial charge in [0, 0.05) is 18.5 Å². The van der Waals surface area contributed by atoms with Gasteiger partial charge >= 0.3 is 0 Å². The van der Waals surface area contributed by atoms with E-state index in [4.69, 9.17) is 4.74 Å². The minimum absolute atomic E-state index is 0.0936. The molecule has 6 heteroatoms. The van der Waals surface area contributed by atoms with Crippen LogP contribution in [-0.2, 0) is 15.6 Å². The van der Waals surface area contributed by atoms with Crippen LogP contribution in [-0.4, -0.2) is 26.7 Å². The zero-order valence-corrected chi connectivity index (χ0v) is 13.6. The van der Waals surface area contributed by atoms with Crippen LogP contribution < -0.4 is 9.46 Å². The highest BCUT2D eigenvalue weighted by Gasteiger charge is 2.36. The van der Waals surface area contributed by atoms with Crippen molar-refractivity contribution in [3.63, 3.8) is 0 Å². The molecule has 2 N–H and O–H groups in total. The van der Waals surface area contributed by atoms with Crippen LogP contribution in [0.2, 0.25) is 0 Å². The van der Waals surface area contributed by atoms with Crippen molar-refractivity contribution in [3.05, 3.63) is 59.7 Å². The van der Waals surface area contributed by atoms with E-state index in [1.807, 2.05) is 19.1 Å². The number of rotatable bonds is 4. The molecule has 1 atom stereocenters. The van der Waals surface area contributed by atoms with Crippen LogP contribution in [0.3, 0.4) is 0 Å². The Bertz CT molecular complexity index is 819. The minimum Gasteiger partial charge on any atom is -0.493 e. The summed E-state index contributed by atoms with van der Waals surface area (Å²) in [6.07, 6.45) is 0.334. The highest BCUT2D eigenvalue weighted by atomic mass is 32.2. The molecule has 0 bridgehead atoms. The molecule has 0 amide bonds. The molecule has 2 aromatic carbocycles. The van der Waals surface area contributed by atoms with Crippen molar-refractivity contribution in [2.45, 2.75) is 23.8 Å². The Morgan fingerprint density at radius 2 is 2.00 bits per heavy atom. The molecule has 0 aliphatic carbocycles. The summed E-state index contributed by atoms with van der Waals surface area (Å²) in [6.45, 7) is 2.09. The maximum Gasteiger partial charge on any atom is 0.240 e. The van der Waals surface area contributed by atoms with Crippen molar-refractivity contribution in [2.75, 3.05) is 13.2 Å². The van der Waals surface area contributed by atoms with E-state index >= 15 is 0 Å². The summed E-state index contributed by atoms with van der Waals surface area (Å²) in [6, 6.07) is 13.8. The van der Waals surface area contributed by atoms with Crippen molar-refractivity contribution in [3.8, 4) is 5.75 Å². The summed E-state index contributed by atoms with van der Waals surface area (Å²) in [5.74, 6) is 0.594. The van der Waals surface area contributed by atoms with Crippen molar-refractivity contribution in [2.24, 2.45) is 0 Å². The van der Waals surface area contributed by atoms with Crippen LogP contribution in [0.1, 0.15) is 17.5 Å². The van der Waals surface area contributed by atoms with Gasteiger partial charge in [-0.2, -0.15) is 0 Å². The third-order valence-electron chi connectivity index (χ3n) is 4.02. The van der Waals surface area contributed by atoms with Crippen LogP contribution in [0.15, 0.2) is 53.4 Å². The van der Waals surface area contributed by atoms with E-state index in [-0.39, 0.29) is 11.4 Å².